The summed E-state index contributed by atoms with van der Waals surface area (Å²) in [6, 6.07) is 2.84. The predicted molar refractivity (Wildman–Crippen MR) is 81.1 cm³/mol. The maximum Gasteiger partial charge on any atom is 0.352 e. The Morgan fingerprint density at radius 1 is 1.20 bits per heavy atom. The molecule has 0 amide bonds. The van der Waals surface area contributed by atoms with E-state index in [1.54, 1.807) is 6.07 Å². The maximum absolute atomic E-state index is 13.7. The summed E-state index contributed by atoms with van der Waals surface area (Å²) >= 11 is 0. The third-order valence-electron chi connectivity index (χ3n) is 4.35. The van der Waals surface area contributed by atoms with Crippen molar-refractivity contribution in [2.45, 2.75) is 19.2 Å². The van der Waals surface area contributed by atoms with Crippen molar-refractivity contribution in [3.05, 3.63) is 51.7 Å². The van der Waals surface area contributed by atoms with Gasteiger partial charge >= 0.3 is 5.69 Å². The molecule has 0 radical (unpaired) electrons. The predicted octanol–water partition coefficient (Wildman–Crippen LogP) is 1.46. The van der Waals surface area contributed by atoms with E-state index in [9.17, 15) is 18.0 Å². The summed E-state index contributed by atoms with van der Waals surface area (Å²) < 4.78 is 52.1. The molecule has 6 nitrogen and oxygen atoms in total. The monoisotopic (exact) mass is 353 g/mol. The second kappa shape index (κ2) is 6.07. The lowest BCUT2D eigenvalue weighted by molar-refractivity contribution is 0.0956. The molecule has 1 aromatic heterocycles. The molecule has 4 rings (SSSR count). The second-order valence-corrected chi connectivity index (χ2v) is 5.91. The van der Waals surface area contributed by atoms with Crippen LogP contribution in [0.2, 0.25) is 0 Å². The number of morpholine rings is 1. The van der Waals surface area contributed by atoms with E-state index in [4.69, 9.17) is 9.47 Å². The molecular formula is C16H14F3N3O3. The van der Waals surface area contributed by atoms with Gasteiger partial charge in [0.05, 0.1) is 25.8 Å². The van der Waals surface area contributed by atoms with Crippen molar-refractivity contribution in [2.24, 2.45) is 0 Å². The highest BCUT2D eigenvalue weighted by molar-refractivity contribution is 5.47. The zero-order chi connectivity index (χ0) is 17.6. The summed E-state index contributed by atoms with van der Waals surface area (Å²) in [7, 11) is 0. The Morgan fingerprint density at radius 2 is 2.00 bits per heavy atom. The van der Waals surface area contributed by atoms with Crippen LogP contribution in [-0.2, 0) is 17.9 Å². The summed E-state index contributed by atoms with van der Waals surface area (Å²) in [5.74, 6) is -2.70. The normalized spacial score (nSPS) is 18.8. The highest BCUT2D eigenvalue weighted by atomic mass is 19.2. The average Bonchev–Trinajstić information content (AvgIpc) is 2.96. The number of hydrogen-bond donors (Lipinski definition) is 0. The molecule has 2 aromatic rings. The third-order valence-corrected chi connectivity index (χ3v) is 4.35. The number of nitrogens with zero attached hydrogens (tertiary/aromatic N) is 3. The Morgan fingerprint density at radius 3 is 2.84 bits per heavy atom. The summed E-state index contributed by atoms with van der Waals surface area (Å²) in [6.07, 6.45) is 0. The molecule has 2 aliphatic rings. The Labute approximate surface area is 140 Å². The molecule has 3 heterocycles. The van der Waals surface area contributed by atoms with Crippen LogP contribution in [0.25, 0.3) is 0 Å². The largest absolute Gasteiger partial charge is 0.472 e. The standard InChI is InChI=1S/C16H14F3N3O3/c17-11-4-13(19)12(18)3-9(11)7-25-14-5-15-21-1-2-24-8-10(21)6-22(15)16(23)20-14/h3-5,10H,1-2,6-8H2. The van der Waals surface area contributed by atoms with Crippen molar-refractivity contribution in [2.75, 3.05) is 24.7 Å². The molecule has 1 unspecified atom stereocenters. The van der Waals surface area contributed by atoms with Gasteiger partial charge in [-0.15, -0.1) is 0 Å². The van der Waals surface area contributed by atoms with Crippen LogP contribution in [0.3, 0.4) is 0 Å². The fourth-order valence-corrected chi connectivity index (χ4v) is 3.10. The van der Waals surface area contributed by atoms with Gasteiger partial charge in [-0.05, 0) is 6.07 Å². The summed E-state index contributed by atoms with van der Waals surface area (Å²) in [4.78, 5) is 18.0. The minimum absolute atomic E-state index is 0.00697. The van der Waals surface area contributed by atoms with E-state index in [-0.39, 0.29) is 24.1 Å². The molecule has 132 valence electrons. The van der Waals surface area contributed by atoms with Crippen molar-refractivity contribution < 1.29 is 22.6 Å². The number of rotatable bonds is 3. The van der Waals surface area contributed by atoms with Crippen LogP contribution in [0.1, 0.15) is 5.56 Å². The Kier molecular flexibility index (Phi) is 3.87. The molecule has 0 aliphatic carbocycles. The molecule has 25 heavy (non-hydrogen) atoms. The summed E-state index contributed by atoms with van der Waals surface area (Å²) in [5.41, 5.74) is -0.641. The lowest BCUT2D eigenvalue weighted by atomic mass is 10.2. The van der Waals surface area contributed by atoms with Crippen LogP contribution in [0.4, 0.5) is 19.0 Å². The highest BCUT2D eigenvalue weighted by Gasteiger charge is 2.33. The molecule has 0 spiro atoms. The fraction of sp³-hybridized carbons (Fsp3) is 0.375. The summed E-state index contributed by atoms with van der Waals surface area (Å²) in [6.45, 7) is 1.84. The van der Waals surface area contributed by atoms with Gasteiger partial charge in [0.15, 0.2) is 11.6 Å². The quantitative estimate of drug-likeness (QED) is 0.782. The van der Waals surface area contributed by atoms with Gasteiger partial charge in [-0.2, -0.15) is 4.98 Å². The van der Waals surface area contributed by atoms with Gasteiger partial charge in [-0.25, -0.2) is 18.0 Å². The van der Waals surface area contributed by atoms with Crippen LogP contribution in [-0.4, -0.2) is 35.4 Å². The van der Waals surface area contributed by atoms with E-state index in [0.717, 1.165) is 6.07 Å². The Balaban J connectivity index is 1.58. The van der Waals surface area contributed by atoms with Crippen LogP contribution >= 0.6 is 0 Å². The first-order chi connectivity index (χ1) is 12.0. The summed E-state index contributed by atoms with van der Waals surface area (Å²) in [5, 5.41) is 0. The van der Waals surface area contributed by atoms with Gasteiger partial charge in [-0.3, -0.25) is 4.57 Å². The molecule has 1 atom stereocenters. The fourth-order valence-electron chi connectivity index (χ4n) is 3.10. The first-order valence-electron chi connectivity index (χ1n) is 7.75. The molecule has 0 saturated carbocycles. The topological polar surface area (TPSA) is 56.6 Å². The molecule has 1 fully saturated rings. The van der Waals surface area contributed by atoms with Crippen molar-refractivity contribution in [3.63, 3.8) is 0 Å². The number of ether oxygens (including phenoxy) is 2. The molecule has 0 N–H and O–H groups in total. The van der Waals surface area contributed by atoms with Gasteiger partial charge in [0.25, 0.3) is 0 Å². The highest BCUT2D eigenvalue weighted by Crippen LogP contribution is 2.28. The van der Waals surface area contributed by atoms with Crippen LogP contribution in [0, 0.1) is 17.5 Å². The van der Waals surface area contributed by atoms with Crippen LogP contribution in [0.15, 0.2) is 23.0 Å². The molecule has 2 aliphatic heterocycles. The smallest absolute Gasteiger partial charge is 0.352 e. The molecule has 0 bridgehead atoms. The van der Waals surface area contributed by atoms with Gasteiger partial charge in [0, 0.05) is 24.2 Å². The van der Waals surface area contributed by atoms with E-state index >= 15 is 0 Å². The van der Waals surface area contributed by atoms with E-state index in [1.165, 1.54) is 4.57 Å². The number of fused-ring (bicyclic) bond motifs is 3. The maximum atomic E-state index is 13.7. The average molecular weight is 353 g/mol. The van der Waals surface area contributed by atoms with Gasteiger partial charge in [-0.1, -0.05) is 0 Å². The van der Waals surface area contributed by atoms with Crippen molar-refractivity contribution in [3.8, 4) is 5.88 Å². The number of anilines is 1. The molecule has 1 saturated heterocycles. The molecular weight excluding hydrogens is 339 g/mol. The van der Waals surface area contributed by atoms with Crippen molar-refractivity contribution in [1.29, 1.82) is 0 Å². The van der Waals surface area contributed by atoms with Gasteiger partial charge in [0.2, 0.25) is 5.88 Å². The Hall–Kier alpha value is -2.55. The van der Waals surface area contributed by atoms with E-state index in [1.807, 2.05) is 4.90 Å². The van der Waals surface area contributed by atoms with E-state index in [2.05, 4.69) is 4.98 Å². The minimum atomic E-state index is -1.27. The van der Waals surface area contributed by atoms with E-state index in [0.29, 0.717) is 38.2 Å². The van der Waals surface area contributed by atoms with E-state index < -0.39 is 23.1 Å². The third kappa shape index (κ3) is 2.84. The first-order valence-corrected chi connectivity index (χ1v) is 7.75. The lowest BCUT2D eigenvalue weighted by Crippen LogP contribution is -2.43. The number of hydrogen-bond acceptors (Lipinski definition) is 5. The Bertz CT molecular complexity index is 887. The number of benzene rings is 1. The van der Waals surface area contributed by atoms with Crippen molar-refractivity contribution in [1.82, 2.24) is 9.55 Å². The number of halogens is 3. The minimum Gasteiger partial charge on any atom is -0.472 e. The van der Waals surface area contributed by atoms with Crippen molar-refractivity contribution >= 4 is 5.82 Å². The van der Waals surface area contributed by atoms with Crippen LogP contribution < -0.4 is 15.3 Å². The first kappa shape index (κ1) is 15.9. The number of aromatic nitrogens is 2. The molecule has 9 heteroatoms. The van der Waals surface area contributed by atoms with Gasteiger partial charge < -0.3 is 14.4 Å². The zero-order valence-electron chi connectivity index (χ0n) is 13.0. The van der Waals surface area contributed by atoms with Crippen LogP contribution in [0.5, 0.6) is 5.88 Å². The lowest BCUT2D eigenvalue weighted by Gasteiger charge is -2.30. The zero-order valence-corrected chi connectivity index (χ0v) is 13.0. The van der Waals surface area contributed by atoms with Gasteiger partial charge in [0.1, 0.15) is 18.2 Å². The molecule has 1 aromatic carbocycles. The SMILES string of the molecule is O=c1nc(OCc2cc(F)c(F)cc2F)cc2n1CC1COCCN21. The second-order valence-electron chi connectivity index (χ2n) is 5.91.